The number of amides is 2. The first-order valence-corrected chi connectivity index (χ1v) is 12.0. The minimum Gasteiger partial charge on any atom is -0.352 e. The van der Waals surface area contributed by atoms with E-state index >= 15 is 0 Å². The number of likely N-dealkylation sites (tertiary alicyclic amines) is 1. The number of aromatic nitrogens is 1. The van der Waals surface area contributed by atoms with Crippen LogP contribution in [0.25, 0.3) is 10.9 Å². The summed E-state index contributed by atoms with van der Waals surface area (Å²) in [5, 5.41) is 2.81. The molecule has 1 saturated heterocycles. The quantitative estimate of drug-likeness (QED) is 0.323. The molecule has 1 aliphatic heterocycles. The lowest BCUT2D eigenvalue weighted by Crippen LogP contribution is -2.36. The van der Waals surface area contributed by atoms with Gasteiger partial charge in [-0.25, -0.2) is 4.39 Å². The smallest absolute Gasteiger partial charge is 0.295 e. The maximum atomic E-state index is 14.9. The highest BCUT2D eigenvalue weighted by Gasteiger charge is 2.33. The van der Waals surface area contributed by atoms with Crippen LogP contribution in [0.5, 0.6) is 0 Å². The molecule has 2 amide bonds. The number of fused-ring (bicyclic) bond motifs is 1. The number of hydrogen-bond donors (Lipinski definition) is 1. The Morgan fingerprint density at radius 1 is 0.865 bits per heavy atom. The Kier molecular flexibility index (Phi) is 6.64. The van der Waals surface area contributed by atoms with E-state index in [4.69, 9.17) is 0 Å². The molecule has 0 aliphatic carbocycles. The number of Topliss-reactive ketones (excluding diaryl/α,β-unsaturated/α-hetero) is 1. The molecule has 3 aromatic carbocycles. The van der Waals surface area contributed by atoms with E-state index in [0.717, 1.165) is 0 Å². The number of carbonyl (C=O) groups excluding carboxylic acids is 4. The lowest BCUT2D eigenvalue weighted by Gasteiger charge is -2.16. The molecule has 4 aromatic rings. The van der Waals surface area contributed by atoms with Crippen LogP contribution in [0.3, 0.4) is 0 Å². The van der Waals surface area contributed by atoms with Gasteiger partial charge in [-0.3, -0.25) is 23.7 Å². The molecule has 1 aliphatic rings. The standard InChI is InChI=1S/C29H24FN3O4/c30-23-12-7-13-24-25(23)22(18-33(24)28(36)21-10-5-2-6-11-21)26(34)29(37)32-15-14-19(17-32)16-31-27(35)20-8-3-1-4-9-20/h1-13,18-19H,14-17H2,(H,31,35). The van der Waals surface area contributed by atoms with Gasteiger partial charge in [0.2, 0.25) is 0 Å². The number of nitrogens with zero attached hydrogens (tertiary/aromatic N) is 2. The van der Waals surface area contributed by atoms with Gasteiger partial charge < -0.3 is 10.2 Å². The van der Waals surface area contributed by atoms with Crippen LogP contribution in [0, 0.1) is 11.7 Å². The van der Waals surface area contributed by atoms with E-state index in [1.54, 1.807) is 60.7 Å². The molecule has 0 radical (unpaired) electrons. The van der Waals surface area contributed by atoms with Crippen LogP contribution in [0.1, 0.15) is 37.5 Å². The molecule has 186 valence electrons. The van der Waals surface area contributed by atoms with E-state index in [1.165, 1.54) is 27.8 Å². The Hall–Kier alpha value is -4.59. The third-order valence-electron chi connectivity index (χ3n) is 6.62. The maximum absolute atomic E-state index is 14.9. The number of rotatable bonds is 6. The van der Waals surface area contributed by atoms with E-state index in [1.807, 2.05) is 6.07 Å². The molecule has 7 nitrogen and oxygen atoms in total. The van der Waals surface area contributed by atoms with Crippen LogP contribution in [0.4, 0.5) is 4.39 Å². The van der Waals surface area contributed by atoms with Crippen molar-refractivity contribution in [3.8, 4) is 0 Å². The lowest BCUT2D eigenvalue weighted by atomic mass is 10.1. The van der Waals surface area contributed by atoms with Gasteiger partial charge in [0.25, 0.3) is 23.5 Å². The number of nitrogens with one attached hydrogen (secondary N) is 1. The largest absolute Gasteiger partial charge is 0.352 e. The molecule has 0 spiro atoms. The van der Waals surface area contributed by atoms with Gasteiger partial charge in [-0.05, 0) is 48.7 Å². The summed E-state index contributed by atoms with van der Waals surface area (Å²) in [5.74, 6) is -2.96. The van der Waals surface area contributed by atoms with Crippen molar-refractivity contribution >= 4 is 34.4 Å². The van der Waals surface area contributed by atoms with Gasteiger partial charge in [-0.2, -0.15) is 0 Å². The van der Waals surface area contributed by atoms with Crippen LogP contribution < -0.4 is 5.32 Å². The molecule has 37 heavy (non-hydrogen) atoms. The summed E-state index contributed by atoms with van der Waals surface area (Å²) in [6, 6.07) is 21.5. The second kappa shape index (κ2) is 10.2. The van der Waals surface area contributed by atoms with Crippen molar-refractivity contribution in [2.45, 2.75) is 6.42 Å². The van der Waals surface area contributed by atoms with Crippen molar-refractivity contribution in [1.82, 2.24) is 14.8 Å². The highest BCUT2D eigenvalue weighted by atomic mass is 19.1. The average Bonchev–Trinajstić information content (AvgIpc) is 3.57. The first-order chi connectivity index (χ1) is 17.9. The molecule has 1 atom stereocenters. The molecule has 0 bridgehead atoms. The molecule has 0 saturated carbocycles. The minimum atomic E-state index is -0.872. The summed E-state index contributed by atoms with van der Waals surface area (Å²) in [6.45, 7) is 1.01. The third kappa shape index (κ3) is 4.78. The lowest BCUT2D eigenvalue weighted by molar-refractivity contribution is -0.125. The molecule has 8 heteroatoms. The van der Waals surface area contributed by atoms with E-state index in [0.29, 0.717) is 37.2 Å². The van der Waals surface area contributed by atoms with E-state index in [2.05, 4.69) is 5.32 Å². The number of benzene rings is 3. The van der Waals surface area contributed by atoms with Gasteiger partial charge >= 0.3 is 0 Å². The van der Waals surface area contributed by atoms with E-state index in [-0.39, 0.29) is 28.3 Å². The first kappa shape index (κ1) is 24.1. The van der Waals surface area contributed by atoms with Gasteiger partial charge in [-0.15, -0.1) is 0 Å². The first-order valence-electron chi connectivity index (χ1n) is 12.0. The topological polar surface area (TPSA) is 88.5 Å². The minimum absolute atomic E-state index is 0.0119. The summed E-state index contributed by atoms with van der Waals surface area (Å²) in [4.78, 5) is 53.2. The second-order valence-corrected chi connectivity index (χ2v) is 9.03. The number of carbonyl (C=O) groups is 4. The molecule has 1 unspecified atom stereocenters. The second-order valence-electron chi connectivity index (χ2n) is 9.03. The van der Waals surface area contributed by atoms with Gasteiger partial charge in [0.15, 0.2) is 0 Å². The Labute approximate surface area is 212 Å². The Morgan fingerprint density at radius 3 is 2.24 bits per heavy atom. The molecule has 1 aromatic heterocycles. The zero-order chi connectivity index (χ0) is 25.9. The SMILES string of the molecule is O=C(NCC1CCN(C(=O)C(=O)c2cn(C(=O)c3ccccc3)c3cccc(F)c23)C1)c1ccccc1. The fraction of sp³-hybridized carbons (Fsp3) is 0.172. The zero-order valence-corrected chi connectivity index (χ0v) is 19.9. The van der Waals surface area contributed by atoms with Crippen LogP contribution >= 0.6 is 0 Å². The van der Waals surface area contributed by atoms with Gasteiger partial charge in [0.1, 0.15) is 5.82 Å². The highest BCUT2D eigenvalue weighted by molar-refractivity contribution is 6.45. The molecule has 1 fully saturated rings. The zero-order valence-electron chi connectivity index (χ0n) is 19.9. The highest BCUT2D eigenvalue weighted by Crippen LogP contribution is 2.27. The fourth-order valence-electron chi connectivity index (χ4n) is 4.67. The monoisotopic (exact) mass is 497 g/mol. The van der Waals surface area contributed by atoms with Crippen LogP contribution in [-0.4, -0.2) is 52.6 Å². The van der Waals surface area contributed by atoms with Crippen LogP contribution in [0.15, 0.2) is 85.1 Å². The summed E-state index contributed by atoms with van der Waals surface area (Å²) in [6.07, 6.45) is 1.87. The van der Waals surface area contributed by atoms with Gasteiger partial charge in [0.05, 0.1) is 11.1 Å². The van der Waals surface area contributed by atoms with Crippen molar-refractivity contribution in [1.29, 1.82) is 0 Å². The summed E-state index contributed by atoms with van der Waals surface area (Å²) >= 11 is 0. The van der Waals surface area contributed by atoms with Crippen LogP contribution in [0.2, 0.25) is 0 Å². The number of halogens is 1. The summed E-state index contributed by atoms with van der Waals surface area (Å²) in [5.41, 5.74) is 0.983. The average molecular weight is 498 g/mol. The van der Waals surface area contributed by atoms with Gasteiger partial charge in [-0.1, -0.05) is 42.5 Å². The van der Waals surface area contributed by atoms with Crippen molar-refractivity contribution in [2.75, 3.05) is 19.6 Å². The Morgan fingerprint density at radius 2 is 1.54 bits per heavy atom. The van der Waals surface area contributed by atoms with Crippen molar-refractivity contribution in [3.05, 3.63) is 108 Å². The predicted octanol–water partition coefficient (Wildman–Crippen LogP) is 3.93. The Bertz CT molecular complexity index is 1500. The van der Waals surface area contributed by atoms with Gasteiger partial charge in [0, 0.05) is 42.3 Å². The third-order valence-corrected chi connectivity index (χ3v) is 6.62. The van der Waals surface area contributed by atoms with E-state index < -0.39 is 23.4 Å². The summed E-state index contributed by atoms with van der Waals surface area (Å²) in [7, 11) is 0. The fourth-order valence-corrected chi connectivity index (χ4v) is 4.67. The molecular formula is C29H24FN3O4. The maximum Gasteiger partial charge on any atom is 0.295 e. The Balaban J connectivity index is 1.33. The van der Waals surface area contributed by atoms with Crippen molar-refractivity contribution < 1.29 is 23.6 Å². The van der Waals surface area contributed by atoms with Crippen molar-refractivity contribution in [3.63, 3.8) is 0 Å². The molecular weight excluding hydrogens is 473 g/mol. The van der Waals surface area contributed by atoms with Crippen LogP contribution in [-0.2, 0) is 4.79 Å². The predicted molar refractivity (Wildman–Crippen MR) is 136 cm³/mol. The number of ketones is 1. The number of hydrogen-bond acceptors (Lipinski definition) is 4. The normalized spacial score (nSPS) is 15.1. The van der Waals surface area contributed by atoms with Crippen molar-refractivity contribution in [2.24, 2.45) is 5.92 Å². The summed E-state index contributed by atoms with van der Waals surface area (Å²) < 4.78 is 16.1. The van der Waals surface area contributed by atoms with E-state index in [9.17, 15) is 23.6 Å². The molecule has 5 rings (SSSR count). The molecule has 2 heterocycles. The molecule has 1 N–H and O–H groups in total.